The third kappa shape index (κ3) is 2.32. The second kappa shape index (κ2) is 3.25. The smallest absolute Gasteiger partial charge is 0.191 e. The molecule has 0 aromatic heterocycles. The van der Waals surface area contributed by atoms with E-state index in [-0.39, 0.29) is 11.3 Å². The van der Waals surface area contributed by atoms with Gasteiger partial charge in [0.25, 0.3) is 0 Å². The SMILES string of the molecule is CCC(=O)CC1=NC(C)(C)CO1. The number of rotatable bonds is 3. The molecule has 12 heavy (non-hydrogen) atoms. The van der Waals surface area contributed by atoms with E-state index < -0.39 is 0 Å². The van der Waals surface area contributed by atoms with Gasteiger partial charge in [0, 0.05) is 6.42 Å². The van der Waals surface area contributed by atoms with Crippen LogP contribution in [0.3, 0.4) is 0 Å². The van der Waals surface area contributed by atoms with Gasteiger partial charge in [-0.2, -0.15) is 0 Å². The molecule has 0 saturated carbocycles. The molecule has 3 nitrogen and oxygen atoms in total. The summed E-state index contributed by atoms with van der Waals surface area (Å²) in [6.45, 7) is 6.44. The molecule has 0 aromatic carbocycles. The molecule has 68 valence electrons. The van der Waals surface area contributed by atoms with E-state index in [4.69, 9.17) is 4.74 Å². The van der Waals surface area contributed by atoms with Crippen LogP contribution in [0.1, 0.15) is 33.6 Å². The third-order valence-corrected chi connectivity index (χ3v) is 1.76. The summed E-state index contributed by atoms with van der Waals surface area (Å²) in [5.74, 6) is 0.790. The first-order valence-electron chi connectivity index (χ1n) is 4.27. The number of hydrogen-bond donors (Lipinski definition) is 0. The van der Waals surface area contributed by atoms with Gasteiger partial charge in [0.15, 0.2) is 5.90 Å². The summed E-state index contributed by atoms with van der Waals surface area (Å²) < 4.78 is 5.27. The van der Waals surface area contributed by atoms with Crippen LogP contribution in [-0.2, 0) is 9.53 Å². The highest BCUT2D eigenvalue weighted by atomic mass is 16.5. The Labute approximate surface area is 72.8 Å². The molecule has 0 atom stereocenters. The van der Waals surface area contributed by atoms with Crippen LogP contribution < -0.4 is 0 Å². The van der Waals surface area contributed by atoms with Crippen LogP contribution in [0.25, 0.3) is 0 Å². The maximum atomic E-state index is 11.0. The van der Waals surface area contributed by atoms with Crippen molar-refractivity contribution < 1.29 is 9.53 Å². The van der Waals surface area contributed by atoms with Crippen molar-refractivity contribution in [1.82, 2.24) is 0 Å². The van der Waals surface area contributed by atoms with E-state index in [1.807, 2.05) is 20.8 Å². The molecule has 3 heteroatoms. The van der Waals surface area contributed by atoms with E-state index in [1.165, 1.54) is 0 Å². The predicted molar refractivity (Wildman–Crippen MR) is 47.4 cm³/mol. The van der Waals surface area contributed by atoms with Gasteiger partial charge in [0.05, 0.1) is 12.0 Å². The van der Waals surface area contributed by atoms with Crippen LogP contribution in [-0.4, -0.2) is 23.8 Å². The predicted octanol–water partition coefficient (Wildman–Crippen LogP) is 1.56. The number of ketones is 1. The van der Waals surface area contributed by atoms with Gasteiger partial charge in [-0.3, -0.25) is 4.79 Å². The number of hydrogen-bond acceptors (Lipinski definition) is 3. The van der Waals surface area contributed by atoms with Crippen LogP contribution in [0, 0.1) is 0 Å². The zero-order valence-electron chi connectivity index (χ0n) is 7.89. The van der Waals surface area contributed by atoms with E-state index >= 15 is 0 Å². The van der Waals surface area contributed by atoms with Crippen LogP contribution in [0.15, 0.2) is 4.99 Å². The van der Waals surface area contributed by atoms with Crippen molar-refractivity contribution >= 4 is 11.7 Å². The molecule has 0 radical (unpaired) electrons. The Kier molecular flexibility index (Phi) is 2.50. The lowest BCUT2D eigenvalue weighted by molar-refractivity contribution is -0.117. The highest BCUT2D eigenvalue weighted by Gasteiger charge is 2.26. The zero-order valence-corrected chi connectivity index (χ0v) is 7.89. The van der Waals surface area contributed by atoms with Gasteiger partial charge in [-0.25, -0.2) is 4.99 Å². The van der Waals surface area contributed by atoms with Gasteiger partial charge in [-0.15, -0.1) is 0 Å². The van der Waals surface area contributed by atoms with Crippen molar-refractivity contribution in [1.29, 1.82) is 0 Å². The number of carbonyl (C=O) groups excluding carboxylic acids is 1. The van der Waals surface area contributed by atoms with E-state index in [0.29, 0.717) is 25.3 Å². The van der Waals surface area contributed by atoms with Gasteiger partial charge >= 0.3 is 0 Å². The molecule has 1 aliphatic rings. The zero-order chi connectivity index (χ0) is 9.19. The molecule has 0 aromatic rings. The second-order valence-corrected chi connectivity index (χ2v) is 3.68. The number of ether oxygens (including phenoxy) is 1. The molecule has 0 bridgehead atoms. The summed E-state index contributed by atoms with van der Waals surface area (Å²) in [7, 11) is 0. The third-order valence-electron chi connectivity index (χ3n) is 1.76. The number of carbonyl (C=O) groups is 1. The van der Waals surface area contributed by atoms with Crippen LogP contribution in [0.4, 0.5) is 0 Å². The summed E-state index contributed by atoms with van der Waals surface area (Å²) in [6.07, 6.45) is 0.919. The lowest BCUT2D eigenvalue weighted by Gasteiger charge is -2.07. The summed E-state index contributed by atoms with van der Waals surface area (Å²) in [4.78, 5) is 15.3. The fourth-order valence-electron chi connectivity index (χ4n) is 1.05. The minimum absolute atomic E-state index is 0.136. The molecule has 1 aliphatic heterocycles. The fraction of sp³-hybridized carbons (Fsp3) is 0.778. The first kappa shape index (κ1) is 9.23. The molecule has 0 aliphatic carbocycles. The number of aliphatic imine (C=N–C) groups is 1. The minimum atomic E-state index is -0.136. The monoisotopic (exact) mass is 169 g/mol. The van der Waals surface area contributed by atoms with Crippen molar-refractivity contribution in [2.24, 2.45) is 4.99 Å². The Morgan fingerprint density at radius 3 is 2.75 bits per heavy atom. The average molecular weight is 169 g/mol. The molecule has 0 spiro atoms. The largest absolute Gasteiger partial charge is 0.478 e. The van der Waals surface area contributed by atoms with Crippen LogP contribution in [0.2, 0.25) is 0 Å². The van der Waals surface area contributed by atoms with Crippen molar-refractivity contribution in [3.05, 3.63) is 0 Å². The van der Waals surface area contributed by atoms with E-state index in [2.05, 4.69) is 4.99 Å². The molecule has 1 rings (SSSR count). The Hall–Kier alpha value is -0.860. The normalized spacial score (nSPS) is 20.1. The number of Topliss-reactive ketones (excluding diaryl/α,β-unsaturated/α-hetero) is 1. The molecular formula is C9H15NO2. The van der Waals surface area contributed by atoms with E-state index in [1.54, 1.807) is 0 Å². The van der Waals surface area contributed by atoms with Gasteiger partial charge in [0.1, 0.15) is 12.4 Å². The van der Waals surface area contributed by atoms with Gasteiger partial charge < -0.3 is 4.74 Å². The highest BCUT2D eigenvalue weighted by Crippen LogP contribution is 2.18. The summed E-state index contributed by atoms with van der Waals surface area (Å²) in [5, 5.41) is 0. The summed E-state index contributed by atoms with van der Waals surface area (Å²) in [5.41, 5.74) is -0.136. The summed E-state index contributed by atoms with van der Waals surface area (Å²) >= 11 is 0. The van der Waals surface area contributed by atoms with E-state index in [0.717, 1.165) is 0 Å². The van der Waals surface area contributed by atoms with Gasteiger partial charge in [-0.05, 0) is 13.8 Å². The second-order valence-electron chi connectivity index (χ2n) is 3.68. The topological polar surface area (TPSA) is 38.7 Å². The Balaban J connectivity index is 2.50. The van der Waals surface area contributed by atoms with E-state index in [9.17, 15) is 4.79 Å². The Morgan fingerprint density at radius 2 is 2.33 bits per heavy atom. The molecule has 0 amide bonds. The van der Waals surface area contributed by atoms with Gasteiger partial charge in [-0.1, -0.05) is 6.92 Å². The quantitative estimate of drug-likeness (QED) is 0.643. The number of nitrogens with zero attached hydrogens (tertiary/aromatic N) is 1. The summed E-state index contributed by atoms with van der Waals surface area (Å²) in [6, 6.07) is 0. The van der Waals surface area contributed by atoms with Crippen molar-refractivity contribution in [2.45, 2.75) is 39.2 Å². The average Bonchev–Trinajstić information content (AvgIpc) is 2.30. The molecule has 1 heterocycles. The van der Waals surface area contributed by atoms with Crippen LogP contribution in [0.5, 0.6) is 0 Å². The minimum Gasteiger partial charge on any atom is -0.478 e. The molecule has 0 unspecified atom stereocenters. The van der Waals surface area contributed by atoms with Crippen molar-refractivity contribution in [3.8, 4) is 0 Å². The molecule has 0 saturated heterocycles. The maximum absolute atomic E-state index is 11.0. The van der Waals surface area contributed by atoms with Crippen molar-refractivity contribution in [3.63, 3.8) is 0 Å². The fourth-order valence-corrected chi connectivity index (χ4v) is 1.05. The Bertz CT molecular complexity index is 219. The standard InChI is InChI=1S/C9H15NO2/c1-4-7(11)5-8-10-9(2,3)6-12-8/h4-6H2,1-3H3. The van der Waals surface area contributed by atoms with Gasteiger partial charge in [0.2, 0.25) is 0 Å². The molecule has 0 fully saturated rings. The maximum Gasteiger partial charge on any atom is 0.191 e. The van der Waals surface area contributed by atoms with Crippen LogP contribution >= 0.6 is 0 Å². The van der Waals surface area contributed by atoms with Crippen molar-refractivity contribution in [2.75, 3.05) is 6.61 Å². The Morgan fingerprint density at radius 1 is 1.67 bits per heavy atom. The molecule has 0 N–H and O–H groups in total. The lowest BCUT2D eigenvalue weighted by atomic mass is 10.1. The highest BCUT2D eigenvalue weighted by molar-refractivity contribution is 5.98. The first-order chi connectivity index (χ1) is 5.53. The lowest BCUT2D eigenvalue weighted by Crippen LogP contribution is -2.17. The molecular weight excluding hydrogens is 154 g/mol. The first-order valence-corrected chi connectivity index (χ1v) is 4.27.